The Morgan fingerprint density at radius 2 is 1.09 bits per heavy atom. The number of hydrogen-bond acceptors (Lipinski definition) is 0. The highest BCUT2D eigenvalue weighted by Crippen LogP contribution is 2.16. The molecule has 3 rings (SSSR count). The van der Waals surface area contributed by atoms with E-state index in [2.05, 4.69) is 84.8 Å². The van der Waals surface area contributed by atoms with Gasteiger partial charge in [-0.05, 0) is 18.1 Å². The maximum atomic E-state index is 2.15. The number of nitrogens with zero attached hydrogens (tertiary/aromatic N) is 2. The molecule has 0 aliphatic carbocycles. The number of halogens is 2. The Hall–Kier alpha value is -1.90. The van der Waals surface area contributed by atoms with E-state index in [1.165, 1.54) is 22.4 Å². The largest absolute Gasteiger partial charge is 1.00 e. The molecule has 3 aromatic rings. The first-order valence-corrected chi connectivity index (χ1v) is 6.76. The van der Waals surface area contributed by atoms with Crippen LogP contribution in [0.5, 0.6) is 0 Å². The van der Waals surface area contributed by atoms with Crippen molar-refractivity contribution in [3.05, 3.63) is 78.9 Å². The smallest absolute Gasteiger partial charge is 0.210 e. The highest BCUT2D eigenvalue weighted by atomic mass is 35.5. The highest BCUT2D eigenvalue weighted by Gasteiger charge is 2.06. The fourth-order valence-corrected chi connectivity index (χ4v) is 2.20. The molecule has 2 nitrogen and oxygen atoms in total. The van der Waals surface area contributed by atoms with E-state index in [1.807, 2.05) is 11.6 Å². The van der Waals surface area contributed by atoms with Crippen molar-refractivity contribution in [1.29, 1.82) is 0 Å². The standard InChI is InChI=1S/C18H18N2.2ClH/c1-15-3-5-18(6-4-15)20-13-9-17(10-14-20)16-7-11-19(2)12-8-16;;/h3-14H,1-2H3;2*1H/q+2;;/p-2. The van der Waals surface area contributed by atoms with Crippen LogP contribution in [-0.2, 0) is 7.05 Å². The fourth-order valence-electron chi connectivity index (χ4n) is 2.20. The first kappa shape index (κ1) is 18.1. The van der Waals surface area contributed by atoms with Crippen LogP contribution in [0.15, 0.2) is 73.3 Å². The van der Waals surface area contributed by atoms with Gasteiger partial charge in [0.2, 0.25) is 5.69 Å². The van der Waals surface area contributed by atoms with Crippen molar-refractivity contribution in [1.82, 2.24) is 0 Å². The molecule has 0 N–H and O–H groups in total. The molecule has 114 valence electrons. The predicted molar refractivity (Wildman–Crippen MR) is 79.3 cm³/mol. The highest BCUT2D eigenvalue weighted by molar-refractivity contribution is 5.61. The fraction of sp³-hybridized carbons (Fsp3) is 0.111. The number of aryl methyl sites for hydroxylation is 2. The third-order valence-corrected chi connectivity index (χ3v) is 3.47. The summed E-state index contributed by atoms with van der Waals surface area (Å²) in [5.41, 5.74) is 4.93. The summed E-state index contributed by atoms with van der Waals surface area (Å²) in [6.45, 7) is 2.10. The van der Waals surface area contributed by atoms with E-state index < -0.39 is 0 Å². The monoisotopic (exact) mass is 332 g/mol. The van der Waals surface area contributed by atoms with Gasteiger partial charge in [-0.1, -0.05) is 17.7 Å². The summed E-state index contributed by atoms with van der Waals surface area (Å²) in [6, 6.07) is 17.1. The van der Waals surface area contributed by atoms with Crippen LogP contribution in [0.2, 0.25) is 0 Å². The van der Waals surface area contributed by atoms with Crippen LogP contribution in [0.3, 0.4) is 0 Å². The lowest BCUT2D eigenvalue weighted by Crippen LogP contribution is -3.00. The zero-order valence-electron chi connectivity index (χ0n) is 12.6. The van der Waals surface area contributed by atoms with Crippen LogP contribution < -0.4 is 33.9 Å². The number of aromatic nitrogens is 2. The second-order valence-electron chi connectivity index (χ2n) is 5.08. The van der Waals surface area contributed by atoms with E-state index in [1.54, 1.807) is 0 Å². The Kier molecular flexibility index (Phi) is 6.54. The number of pyridine rings is 2. The average Bonchev–Trinajstić information content (AvgIpc) is 2.49. The molecule has 0 unspecified atom stereocenters. The molecule has 0 radical (unpaired) electrons. The van der Waals surface area contributed by atoms with Crippen molar-refractivity contribution < 1.29 is 33.9 Å². The topological polar surface area (TPSA) is 7.76 Å². The maximum Gasteiger partial charge on any atom is 0.210 e. The molecule has 22 heavy (non-hydrogen) atoms. The van der Waals surface area contributed by atoms with Gasteiger partial charge in [-0.25, -0.2) is 4.57 Å². The molecule has 4 heteroatoms. The Morgan fingerprint density at radius 1 is 0.636 bits per heavy atom. The minimum atomic E-state index is 0. The number of benzene rings is 1. The Bertz CT molecular complexity index is 641. The van der Waals surface area contributed by atoms with E-state index in [0.29, 0.717) is 0 Å². The summed E-state index contributed by atoms with van der Waals surface area (Å²) >= 11 is 0. The zero-order valence-corrected chi connectivity index (χ0v) is 14.1. The number of hydrogen-bond donors (Lipinski definition) is 0. The molecule has 0 bridgehead atoms. The van der Waals surface area contributed by atoms with Gasteiger partial charge >= 0.3 is 0 Å². The van der Waals surface area contributed by atoms with E-state index in [0.717, 1.165) is 0 Å². The predicted octanol–water partition coefficient (Wildman–Crippen LogP) is -3.23. The quantitative estimate of drug-likeness (QED) is 0.436. The minimum Gasteiger partial charge on any atom is -1.00 e. The minimum absolute atomic E-state index is 0. The van der Waals surface area contributed by atoms with E-state index in [-0.39, 0.29) is 24.8 Å². The molecule has 2 heterocycles. The summed E-state index contributed by atoms with van der Waals surface area (Å²) in [5, 5.41) is 0. The van der Waals surface area contributed by atoms with Crippen molar-refractivity contribution >= 4 is 0 Å². The van der Waals surface area contributed by atoms with Gasteiger partial charge < -0.3 is 24.8 Å². The molecule has 0 aliphatic heterocycles. The molecular formula is C18H18Cl2N2. The molecule has 1 aromatic carbocycles. The molecule has 0 saturated heterocycles. The van der Waals surface area contributed by atoms with Gasteiger partial charge in [-0.2, -0.15) is 4.57 Å². The van der Waals surface area contributed by atoms with Crippen LogP contribution in [0.1, 0.15) is 5.56 Å². The summed E-state index contributed by atoms with van der Waals surface area (Å²) in [4.78, 5) is 0. The van der Waals surface area contributed by atoms with Crippen molar-refractivity contribution in [2.45, 2.75) is 6.92 Å². The first-order valence-electron chi connectivity index (χ1n) is 6.76. The van der Waals surface area contributed by atoms with E-state index in [9.17, 15) is 0 Å². The SMILES string of the molecule is Cc1ccc(-[n+]2ccc(-c3cc[n+](C)cc3)cc2)cc1.[Cl-].[Cl-]. The lowest BCUT2D eigenvalue weighted by Gasteiger charge is -2.00. The molecule has 0 spiro atoms. The molecular weight excluding hydrogens is 315 g/mol. The van der Waals surface area contributed by atoms with Crippen LogP contribution in [0.25, 0.3) is 16.8 Å². The molecule has 0 fully saturated rings. The van der Waals surface area contributed by atoms with Gasteiger partial charge in [0.15, 0.2) is 24.8 Å². The van der Waals surface area contributed by atoms with Gasteiger partial charge in [-0.15, -0.1) is 0 Å². The molecule has 0 amide bonds. The van der Waals surface area contributed by atoms with Gasteiger partial charge in [0.1, 0.15) is 7.05 Å². The lowest BCUT2D eigenvalue weighted by molar-refractivity contribution is -0.671. The Labute approximate surface area is 143 Å². The zero-order chi connectivity index (χ0) is 13.9. The van der Waals surface area contributed by atoms with Gasteiger partial charge in [0.05, 0.1) is 0 Å². The van der Waals surface area contributed by atoms with Crippen molar-refractivity contribution in [3.8, 4) is 16.8 Å². The van der Waals surface area contributed by atoms with E-state index in [4.69, 9.17) is 0 Å². The maximum absolute atomic E-state index is 2.15. The van der Waals surface area contributed by atoms with Crippen molar-refractivity contribution in [2.75, 3.05) is 0 Å². The Morgan fingerprint density at radius 3 is 1.59 bits per heavy atom. The Balaban J connectivity index is 0.00000121. The number of rotatable bonds is 2. The molecule has 0 saturated carbocycles. The van der Waals surface area contributed by atoms with Crippen molar-refractivity contribution in [2.24, 2.45) is 7.05 Å². The summed E-state index contributed by atoms with van der Waals surface area (Å²) in [5.74, 6) is 0. The van der Waals surface area contributed by atoms with Crippen LogP contribution in [0, 0.1) is 6.92 Å². The van der Waals surface area contributed by atoms with Gasteiger partial charge in [-0.3, -0.25) is 0 Å². The average molecular weight is 333 g/mol. The second kappa shape index (κ2) is 7.92. The summed E-state index contributed by atoms with van der Waals surface area (Å²) < 4.78 is 4.17. The van der Waals surface area contributed by atoms with Crippen LogP contribution in [-0.4, -0.2) is 0 Å². The first-order chi connectivity index (χ1) is 9.72. The molecule has 2 aromatic heterocycles. The third-order valence-electron chi connectivity index (χ3n) is 3.47. The second-order valence-corrected chi connectivity index (χ2v) is 5.08. The van der Waals surface area contributed by atoms with Crippen LogP contribution >= 0.6 is 0 Å². The molecule has 0 atom stereocenters. The van der Waals surface area contributed by atoms with Gasteiger partial charge in [0.25, 0.3) is 0 Å². The van der Waals surface area contributed by atoms with Crippen molar-refractivity contribution in [3.63, 3.8) is 0 Å². The summed E-state index contributed by atoms with van der Waals surface area (Å²) in [7, 11) is 2.03. The summed E-state index contributed by atoms with van der Waals surface area (Å²) in [6.07, 6.45) is 8.34. The lowest BCUT2D eigenvalue weighted by atomic mass is 10.1. The third kappa shape index (κ3) is 4.06. The normalized spacial score (nSPS) is 9.55. The molecule has 0 aliphatic rings. The van der Waals surface area contributed by atoms with E-state index >= 15 is 0 Å². The van der Waals surface area contributed by atoms with Gasteiger partial charge in [0, 0.05) is 36.4 Å². The van der Waals surface area contributed by atoms with Crippen LogP contribution in [0.4, 0.5) is 0 Å².